The van der Waals surface area contributed by atoms with Gasteiger partial charge >= 0.3 is 0 Å². The van der Waals surface area contributed by atoms with Crippen molar-refractivity contribution in [2.45, 2.75) is 0 Å². The van der Waals surface area contributed by atoms with Crippen molar-refractivity contribution < 1.29 is 4.92 Å². The molecule has 0 spiro atoms. The number of nitro benzene ring substituents is 1. The third-order valence-electron chi connectivity index (χ3n) is 4.64. The largest absolute Gasteiger partial charge is 0.270 e. The van der Waals surface area contributed by atoms with Crippen LogP contribution in [-0.4, -0.2) is 4.92 Å². The van der Waals surface area contributed by atoms with Gasteiger partial charge < -0.3 is 0 Å². The van der Waals surface area contributed by atoms with Gasteiger partial charge in [0.15, 0.2) is 0 Å². The lowest BCUT2D eigenvalue weighted by molar-refractivity contribution is -0.384. The van der Waals surface area contributed by atoms with Crippen molar-refractivity contribution in [3.63, 3.8) is 0 Å². The van der Waals surface area contributed by atoms with Crippen LogP contribution in [-0.2, 0) is 0 Å². The van der Waals surface area contributed by atoms with E-state index < -0.39 is 0 Å². The Morgan fingerprint density at radius 3 is 2.04 bits per heavy atom. The smallest absolute Gasteiger partial charge is 0.258 e. The molecule has 0 radical (unpaired) electrons. The van der Waals surface area contributed by atoms with Crippen molar-refractivity contribution in [1.29, 1.82) is 0 Å². The first-order valence-electron chi connectivity index (χ1n) is 7.47. The van der Waals surface area contributed by atoms with Gasteiger partial charge in [0.2, 0.25) is 0 Å². The molecule has 0 atom stereocenters. The summed E-state index contributed by atoms with van der Waals surface area (Å²) in [5.74, 6) is 0. The first-order valence-corrected chi connectivity index (χ1v) is 7.47. The fraction of sp³-hybridized carbons (Fsp3) is 0. The molecule has 3 nitrogen and oxygen atoms in total. The Labute approximate surface area is 131 Å². The number of nitro groups is 1. The predicted molar refractivity (Wildman–Crippen MR) is 94.3 cm³/mol. The van der Waals surface area contributed by atoms with E-state index in [-0.39, 0.29) is 10.6 Å². The van der Waals surface area contributed by atoms with Crippen LogP contribution >= 0.6 is 0 Å². The molecular weight excluding hydrogens is 286 g/mol. The Morgan fingerprint density at radius 2 is 1.30 bits per heavy atom. The molecule has 5 rings (SSSR count). The molecule has 0 bridgehead atoms. The minimum atomic E-state index is -0.329. The molecule has 5 aromatic carbocycles. The van der Waals surface area contributed by atoms with E-state index in [1.165, 1.54) is 26.9 Å². The highest BCUT2D eigenvalue weighted by atomic mass is 16.6. The van der Waals surface area contributed by atoms with Crippen LogP contribution in [0.5, 0.6) is 0 Å². The summed E-state index contributed by atoms with van der Waals surface area (Å²) >= 11 is 0. The molecule has 3 heteroatoms. The molecule has 0 saturated carbocycles. The van der Waals surface area contributed by atoms with E-state index in [2.05, 4.69) is 30.3 Å². The molecule has 0 N–H and O–H groups in total. The summed E-state index contributed by atoms with van der Waals surface area (Å²) in [5, 5.41) is 20.1. The Morgan fingerprint density at radius 1 is 0.652 bits per heavy atom. The predicted octanol–water partition coefficient (Wildman–Crippen LogP) is 5.65. The highest BCUT2D eigenvalue weighted by molar-refractivity contribution is 6.29. The lowest BCUT2D eigenvalue weighted by Crippen LogP contribution is -1.90. The third kappa shape index (κ3) is 1.59. The van der Waals surface area contributed by atoms with Crippen LogP contribution < -0.4 is 0 Å². The van der Waals surface area contributed by atoms with Gasteiger partial charge in [-0.05, 0) is 49.2 Å². The minimum Gasteiger partial charge on any atom is -0.258 e. The van der Waals surface area contributed by atoms with E-state index in [9.17, 15) is 10.1 Å². The fourth-order valence-corrected chi connectivity index (χ4v) is 3.66. The lowest BCUT2D eigenvalue weighted by atomic mass is 9.91. The zero-order valence-electron chi connectivity index (χ0n) is 12.1. The van der Waals surface area contributed by atoms with Crippen LogP contribution in [0.4, 0.5) is 5.69 Å². The second-order valence-electron chi connectivity index (χ2n) is 5.90. The summed E-state index contributed by atoms with van der Waals surface area (Å²) in [7, 11) is 0. The van der Waals surface area contributed by atoms with E-state index in [4.69, 9.17) is 0 Å². The molecule has 0 aliphatic heterocycles. The molecular formula is C20H11NO2. The maximum atomic E-state index is 11.1. The number of rotatable bonds is 1. The Hall–Kier alpha value is -3.20. The average Bonchev–Trinajstić information content (AvgIpc) is 2.58. The van der Waals surface area contributed by atoms with E-state index in [1.807, 2.05) is 24.3 Å². The summed E-state index contributed by atoms with van der Waals surface area (Å²) in [6.07, 6.45) is 0. The van der Waals surface area contributed by atoms with Gasteiger partial charge in [0.1, 0.15) is 0 Å². The van der Waals surface area contributed by atoms with Crippen LogP contribution in [0.1, 0.15) is 0 Å². The summed E-state index contributed by atoms with van der Waals surface area (Å²) < 4.78 is 0. The van der Waals surface area contributed by atoms with Gasteiger partial charge in [0, 0.05) is 12.1 Å². The standard InChI is InChI=1S/C20H11NO2/c22-21(23)16-10-14-6-5-13-9-12-3-1-2-4-17(12)18-8-7-15(11-16)19(14)20(13)18/h1-11H. The number of nitrogens with zero attached hydrogens (tertiary/aromatic N) is 1. The first kappa shape index (κ1) is 12.4. The van der Waals surface area contributed by atoms with Crippen molar-refractivity contribution in [1.82, 2.24) is 0 Å². The van der Waals surface area contributed by atoms with Crippen molar-refractivity contribution in [2.24, 2.45) is 0 Å². The van der Waals surface area contributed by atoms with E-state index in [1.54, 1.807) is 12.1 Å². The number of fused-ring (bicyclic) bond motifs is 2. The van der Waals surface area contributed by atoms with Crippen molar-refractivity contribution in [2.75, 3.05) is 0 Å². The molecule has 23 heavy (non-hydrogen) atoms. The molecule has 5 aromatic rings. The van der Waals surface area contributed by atoms with E-state index in [0.29, 0.717) is 0 Å². The second-order valence-corrected chi connectivity index (χ2v) is 5.90. The zero-order valence-corrected chi connectivity index (χ0v) is 12.1. The second kappa shape index (κ2) is 4.17. The number of hydrogen-bond acceptors (Lipinski definition) is 2. The Bertz CT molecular complexity index is 1220. The molecule has 0 aromatic heterocycles. The monoisotopic (exact) mass is 297 g/mol. The van der Waals surface area contributed by atoms with E-state index >= 15 is 0 Å². The molecule has 108 valence electrons. The maximum Gasteiger partial charge on any atom is 0.270 e. The number of non-ortho nitro benzene ring substituents is 1. The average molecular weight is 297 g/mol. The highest BCUT2D eigenvalue weighted by Gasteiger charge is 2.14. The topological polar surface area (TPSA) is 43.1 Å². The van der Waals surface area contributed by atoms with Crippen LogP contribution in [0, 0.1) is 10.1 Å². The van der Waals surface area contributed by atoms with Gasteiger partial charge in [-0.25, -0.2) is 0 Å². The normalized spacial score (nSPS) is 11.8. The lowest BCUT2D eigenvalue weighted by Gasteiger charge is -2.13. The van der Waals surface area contributed by atoms with Gasteiger partial charge in [-0.1, -0.05) is 48.5 Å². The number of hydrogen-bond donors (Lipinski definition) is 0. The van der Waals surface area contributed by atoms with E-state index in [0.717, 1.165) is 16.2 Å². The van der Waals surface area contributed by atoms with Gasteiger partial charge in [0.25, 0.3) is 5.69 Å². The maximum absolute atomic E-state index is 11.1. The van der Waals surface area contributed by atoms with Gasteiger partial charge in [0.05, 0.1) is 4.92 Å². The van der Waals surface area contributed by atoms with Gasteiger partial charge in [-0.2, -0.15) is 0 Å². The van der Waals surface area contributed by atoms with Gasteiger partial charge in [-0.3, -0.25) is 10.1 Å². The first-order chi connectivity index (χ1) is 11.2. The molecule has 0 heterocycles. The van der Waals surface area contributed by atoms with Crippen molar-refractivity contribution in [3.8, 4) is 0 Å². The van der Waals surface area contributed by atoms with Crippen LogP contribution in [0.2, 0.25) is 0 Å². The Balaban J connectivity index is 2.09. The van der Waals surface area contributed by atoms with Crippen molar-refractivity contribution in [3.05, 3.63) is 76.8 Å². The molecule has 0 saturated heterocycles. The molecule has 0 aliphatic rings. The molecule has 0 unspecified atom stereocenters. The molecule has 0 aliphatic carbocycles. The zero-order chi connectivity index (χ0) is 15.6. The van der Waals surface area contributed by atoms with Crippen molar-refractivity contribution >= 4 is 48.8 Å². The molecule has 0 fully saturated rings. The highest BCUT2D eigenvalue weighted by Crippen LogP contribution is 2.39. The fourth-order valence-electron chi connectivity index (χ4n) is 3.66. The van der Waals surface area contributed by atoms with Crippen LogP contribution in [0.3, 0.4) is 0 Å². The summed E-state index contributed by atoms with van der Waals surface area (Å²) in [6, 6.07) is 22.0. The summed E-state index contributed by atoms with van der Waals surface area (Å²) in [5.41, 5.74) is 0.140. The summed E-state index contributed by atoms with van der Waals surface area (Å²) in [4.78, 5) is 10.8. The SMILES string of the molecule is O=[N+]([O-])c1cc2ccc3cc4ccccc4c4ccc(c1)c2c34. The van der Waals surface area contributed by atoms with Crippen LogP contribution in [0.25, 0.3) is 43.1 Å². The molecule has 0 amide bonds. The van der Waals surface area contributed by atoms with Crippen LogP contribution in [0.15, 0.2) is 66.7 Å². The Kier molecular flexibility index (Phi) is 2.24. The summed E-state index contributed by atoms with van der Waals surface area (Å²) in [6.45, 7) is 0. The number of benzene rings is 5. The third-order valence-corrected chi connectivity index (χ3v) is 4.64. The minimum absolute atomic E-state index is 0.140. The van der Waals surface area contributed by atoms with Gasteiger partial charge in [-0.15, -0.1) is 0 Å². The quantitative estimate of drug-likeness (QED) is 0.174.